The smallest absolute Gasteiger partial charge is 0.0632 e. The molecule has 4 heteroatoms. The Kier molecular flexibility index (Phi) is 3.09. The summed E-state index contributed by atoms with van der Waals surface area (Å²) in [6.45, 7) is 0. The molecule has 1 aromatic rings. The summed E-state index contributed by atoms with van der Waals surface area (Å²) in [6, 6.07) is 0. The number of halogens is 2. The molecule has 0 aliphatic carbocycles. The minimum atomic E-state index is 0. The highest BCUT2D eigenvalue weighted by Gasteiger charge is 1.83. The number of aromatic nitrogens is 2. The molecule has 0 atom stereocenters. The predicted octanol–water partition coefficient (Wildman–Crippen LogP) is 1.60. The van der Waals surface area contributed by atoms with E-state index in [0.717, 1.165) is 4.47 Å². The first-order chi connectivity index (χ1) is 3.29. The van der Waals surface area contributed by atoms with Crippen molar-refractivity contribution in [3.8, 4) is 0 Å². The van der Waals surface area contributed by atoms with Crippen LogP contribution in [-0.4, -0.2) is 9.78 Å². The molecule has 0 radical (unpaired) electrons. The van der Waals surface area contributed by atoms with Crippen molar-refractivity contribution in [2.75, 3.05) is 0 Å². The Bertz CT molecular complexity index is 146. The maximum absolute atomic E-state index is 3.89. The van der Waals surface area contributed by atoms with Gasteiger partial charge in [0, 0.05) is 13.2 Å². The van der Waals surface area contributed by atoms with Gasteiger partial charge in [0.25, 0.3) is 0 Å². The Morgan fingerprint density at radius 2 is 2.38 bits per heavy atom. The molecule has 0 spiro atoms. The Labute approximate surface area is 62.4 Å². The number of hydrogen-bond donors (Lipinski definition) is 0. The van der Waals surface area contributed by atoms with Gasteiger partial charge >= 0.3 is 0 Å². The second-order valence-electron chi connectivity index (χ2n) is 1.33. The van der Waals surface area contributed by atoms with Crippen molar-refractivity contribution < 1.29 is 0 Å². The van der Waals surface area contributed by atoms with Crippen LogP contribution in [0.15, 0.2) is 16.9 Å². The Hall–Kier alpha value is -0.0200. The van der Waals surface area contributed by atoms with Gasteiger partial charge in [-0.05, 0) is 15.9 Å². The topological polar surface area (TPSA) is 17.8 Å². The van der Waals surface area contributed by atoms with E-state index in [1.165, 1.54) is 0 Å². The highest BCUT2D eigenvalue weighted by molar-refractivity contribution is 9.10. The van der Waals surface area contributed by atoms with Crippen LogP contribution < -0.4 is 0 Å². The third-order valence-corrected chi connectivity index (χ3v) is 1.08. The molecule has 0 saturated carbocycles. The van der Waals surface area contributed by atoms with Crippen LogP contribution in [0.2, 0.25) is 0 Å². The minimum Gasteiger partial charge on any atom is -0.275 e. The lowest BCUT2D eigenvalue weighted by molar-refractivity contribution is 0.767. The quantitative estimate of drug-likeness (QED) is 0.618. The molecule has 2 nitrogen and oxygen atoms in total. The van der Waals surface area contributed by atoms with Crippen LogP contribution in [0.25, 0.3) is 0 Å². The van der Waals surface area contributed by atoms with E-state index in [2.05, 4.69) is 21.0 Å². The normalized spacial score (nSPS) is 8.25. The summed E-state index contributed by atoms with van der Waals surface area (Å²) >= 11 is 3.25. The fraction of sp³-hybridized carbons (Fsp3) is 0.250. The summed E-state index contributed by atoms with van der Waals surface area (Å²) in [5, 5.41) is 3.89. The van der Waals surface area contributed by atoms with E-state index in [0.29, 0.717) is 0 Å². The predicted molar refractivity (Wildman–Crippen MR) is 38.2 cm³/mol. The highest BCUT2D eigenvalue weighted by Crippen LogP contribution is 2.03. The number of rotatable bonds is 0. The molecule has 1 rings (SSSR count). The van der Waals surface area contributed by atoms with Gasteiger partial charge in [-0.25, -0.2) is 0 Å². The molecule has 1 heterocycles. The lowest BCUT2D eigenvalue weighted by Gasteiger charge is -1.77. The van der Waals surface area contributed by atoms with Gasteiger partial charge in [0.1, 0.15) is 0 Å². The van der Waals surface area contributed by atoms with Crippen molar-refractivity contribution in [1.82, 2.24) is 9.78 Å². The first kappa shape index (κ1) is 7.98. The SMILES string of the molecule is Cl.Cn1cc(Br)cn1. The van der Waals surface area contributed by atoms with Crippen molar-refractivity contribution >= 4 is 28.3 Å². The Morgan fingerprint density at radius 1 is 1.75 bits per heavy atom. The van der Waals surface area contributed by atoms with Crippen LogP contribution in [0.5, 0.6) is 0 Å². The second-order valence-corrected chi connectivity index (χ2v) is 2.25. The van der Waals surface area contributed by atoms with E-state index in [4.69, 9.17) is 0 Å². The van der Waals surface area contributed by atoms with Crippen LogP contribution in [-0.2, 0) is 7.05 Å². The minimum absolute atomic E-state index is 0. The standard InChI is InChI=1S/C4H5BrN2.ClH/c1-7-3-4(5)2-6-7;/h2-3H,1H3;1H. The third kappa shape index (κ3) is 1.84. The lowest BCUT2D eigenvalue weighted by Crippen LogP contribution is -1.83. The van der Waals surface area contributed by atoms with E-state index < -0.39 is 0 Å². The summed E-state index contributed by atoms with van der Waals surface area (Å²) < 4.78 is 2.76. The molecule has 0 aliphatic rings. The number of nitrogens with zero attached hydrogens (tertiary/aromatic N) is 2. The van der Waals surface area contributed by atoms with Crippen molar-refractivity contribution in [2.24, 2.45) is 7.05 Å². The van der Waals surface area contributed by atoms with Crippen LogP contribution in [0.4, 0.5) is 0 Å². The zero-order valence-electron chi connectivity index (χ0n) is 4.34. The van der Waals surface area contributed by atoms with Gasteiger partial charge in [-0.3, -0.25) is 4.68 Å². The maximum Gasteiger partial charge on any atom is 0.0632 e. The fourth-order valence-corrected chi connectivity index (χ4v) is 0.779. The molecular weight excluding hydrogens is 191 g/mol. The second kappa shape index (κ2) is 3.10. The largest absolute Gasteiger partial charge is 0.275 e. The zero-order chi connectivity index (χ0) is 5.28. The summed E-state index contributed by atoms with van der Waals surface area (Å²) in [5.74, 6) is 0. The number of aryl methyl sites for hydroxylation is 1. The third-order valence-electron chi connectivity index (χ3n) is 0.673. The summed E-state index contributed by atoms with van der Waals surface area (Å²) in [6.07, 6.45) is 3.64. The molecule has 0 aliphatic heterocycles. The van der Waals surface area contributed by atoms with Crippen molar-refractivity contribution in [3.05, 3.63) is 16.9 Å². The molecule has 0 aromatic carbocycles. The van der Waals surface area contributed by atoms with Crippen LogP contribution in [0, 0.1) is 0 Å². The van der Waals surface area contributed by atoms with Crippen molar-refractivity contribution in [2.45, 2.75) is 0 Å². The van der Waals surface area contributed by atoms with Crippen LogP contribution >= 0.6 is 28.3 Å². The molecule has 0 saturated heterocycles. The van der Waals surface area contributed by atoms with Crippen LogP contribution in [0.1, 0.15) is 0 Å². The van der Waals surface area contributed by atoms with E-state index >= 15 is 0 Å². The molecule has 0 amide bonds. The maximum atomic E-state index is 3.89. The van der Waals surface area contributed by atoms with Gasteiger partial charge in [0.15, 0.2) is 0 Å². The van der Waals surface area contributed by atoms with Crippen molar-refractivity contribution in [3.63, 3.8) is 0 Å². The molecule has 46 valence electrons. The molecule has 1 aromatic heterocycles. The summed E-state index contributed by atoms with van der Waals surface area (Å²) in [5.41, 5.74) is 0. The Morgan fingerprint density at radius 3 is 2.50 bits per heavy atom. The van der Waals surface area contributed by atoms with Crippen molar-refractivity contribution in [1.29, 1.82) is 0 Å². The van der Waals surface area contributed by atoms with Gasteiger partial charge in [-0.15, -0.1) is 12.4 Å². The van der Waals surface area contributed by atoms with E-state index in [1.807, 2.05) is 13.2 Å². The molecule has 0 fully saturated rings. The lowest BCUT2D eigenvalue weighted by atomic mass is 10.8. The van der Waals surface area contributed by atoms with Gasteiger partial charge in [-0.2, -0.15) is 5.10 Å². The molecule has 0 bridgehead atoms. The average Bonchev–Trinajstić information content (AvgIpc) is 1.87. The van der Waals surface area contributed by atoms with Crippen LogP contribution in [0.3, 0.4) is 0 Å². The van der Waals surface area contributed by atoms with Gasteiger partial charge in [-0.1, -0.05) is 0 Å². The van der Waals surface area contributed by atoms with E-state index in [9.17, 15) is 0 Å². The van der Waals surface area contributed by atoms with Gasteiger partial charge < -0.3 is 0 Å². The number of hydrogen-bond acceptors (Lipinski definition) is 1. The van der Waals surface area contributed by atoms with Gasteiger partial charge in [0.05, 0.1) is 10.7 Å². The summed E-state index contributed by atoms with van der Waals surface area (Å²) in [4.78, 5) is 0. The molecule has 0 unspecified atom stereocenters. The van der Waals surface area contributed by atoms with Gasteiger partial charge in [0.2, 0.25) is 0 Å². The van der Waals surface area contributed by atoms with E-state index in [1.54, 1.807) is 10.9 Å². The highest BCUT2D eigenvalue weighted by atomic mass is 79.9. The molecule has 0 N–H and O–H groups in total. The first-order valence-electron chi connectivity index (χ1n) is 1.93. The molecule has 8 heavy (non-hydrogen) atoms. The van der Waals surface area contributed by atoms with E-state index in [-0.39, 0.29) is 12.4 Å². The first-order valence-corrected chi connectivity index (χ1v) is 2.72. The summed E-state index contributed by atoms with van der Waals surface area (Å²) in [7, 11) is 1.88. The zero-order valence-corrected chi connectivity index (χ0v) is 6.74. The fourth-order valence-electron chi connectivity index (χ4n) is 0.391. The monoisotopic (exact) mass is 196 g/mol. The molecular formula is C4H6BrClN2. The average molecular weight is 197 g/mol. The Balaban J connectivity index is 0.000000490.